The predicted octanol–water partition coefficient (Wildman–Crippen LogP) is 3.24. The zero-order valence-corrected chi connectivity index (χ0v) is 10.1. The fourth-order valence-corrected chi connectivity index (χ4v) is 2.80. The van der Waals surface area contributed by atoms with E-state index in [1.54, 1.807) is 0 Å². The van der Waals surface area contributed by atoms with Crippen LogP contribution in [0.4, 0.5) is 0 Å². The Morgan fingerprint density at radius 1 is 1.53 bits per heavy atom. The zero-order valence-electron chi connectivity index (χ0n) is 9.32. The van der Waals surface area contributed by atoms with Gasteiger partial charge in [-0.3, -0.25) is 0 Å². The van der Waals surface area contributed by atoms with E-state index in [1.807, 2.05) is 6.20 Å². The molecule has 0 spiro atoms. The van der Waals surface area contributed by atoms with E-state index in [0.717, 1.165) is 13.0 Å². The molecule has 2 rings (SSSR count). The number of rotatable bonds is 4. The van der Waals surface area contributed by atoms with Crippen LogP contribution in [0.2, 0.25) is 0 Å². The lowest BCUT2D eigenvalue weighted by atomic mass is 10.0. The van der Waals surface area contributed by atoms with Crippen LogP contribution in [-0.2, 0) is 13.0 Å². The van der Waals surface area contributed by atoms with Crippen LogP contribution >= 0.6 is 11.6 Å². The van der Waals surface area contributed by atoms with E-state index in [1.165, 1.54) is 31.5 Å². The van der Waals surface area contributed by atoms with Gasteiger partial charge in [0, 0.05) is 30.7 Å². The van der Waals surface area contributed by atoms with Gasteiger partial charge in [-0.2, -0.15) is 0 Å². The van der Waals surface area contributed by atoms with Gasteiger partial charge < -0.3 is 4.57 Å². The molecule has 1 saturated carbocycles. The Labute approximate surface area is 96.7 Å². The average molecular weight is 227 g/mol. The molecule has 1 aliphatic carbocycles. The highest BCUT2D eigenvalue weighted by molar-refractivity contribution is 6.20. The summed E-state index contributed by atoms with van der Waals surface area (Å²) >= 11 is 6.29. The smallest absolute Gasteiger partial charge is 0.108 e. The number of aromatic nitrogens is 2. The van der Waals surface area contributed by atoms with Crippen molar-refractivity contribution in [3.8, 4) is 0 Å². The van der Waals surface area contributed by atoms with Gasteiger partial charge in [0.15, 0.2) is 0 Å². The Morgan fingerprint density at radius 3 is 3.07 bits per heavy atom. The summed E-state index contributed by atoms with van der Waals surface area (Å²) in [6, 6.07) is 0. The largest absolute Gasteiger partial charge is 0.335 e. The van der Waals surface area contributed by atoms with Crippen LogP contribution in [0.15, 0.2) is 12.4 Å². The minimum atomic E-state index is 0.372. The number of aryl methyl sites for hydroxylation is 1. The standard InChI is InChI=1S/C12H19ClN2/c1-2-7-15-8-6-14-12(15)9-10-4-3-5-11(10)13/h6,8,10-11H,2-5,7,9H2,1H3. The van der Waals surface area contributed by atoms with E-state index in [9.17, 15) is 0 Å². The van der Waals surface area contributed by atoms with Crippen molar-refractivity contribution >= 4 is 11.6 Å². The van der Waals surface area contributed by atoms with Crippen molar-refractivity contribution in [3.05, 3.63) is 18.2 Å². The summed E-state index contributed by atoms with van der Waals surface area (Å²) < 4.78 is 2.27. The number of hydrogen-bond acceptors (Lipinski definition) is 1. The molecule has 1 heterocycles. The third kappa shape index (κ3) is 2.54. The topological polar surface area (TPSA) is 17.8 Å². The van der Waals surface area contributed by atoms with Crippen molar-refractivity contribution in [2.45, 2.75) is 50.9 Å². The summed E-state index contributed by atoms with van der Waals surface area (Å²) in [5.74, 6) is 1.86. The number of alkyl halides is 1. The molecule has 3 heteroatoms. The molecule has 0 aliphatic heterocycles. The first-order valence-corrected chi connectivity index (χ1v) is 6.39. The van der Waals surface area contributed by atoms with Crippen LogP contribution < -0.4 is 0 Å². The van der Waals surface area contributed by atoms with Crippen LogP contribution in [0.3, 0.4) is 0 Å². The summed E-state index contributed by atoms with van der Waals surface area (Å²) in [4.78, 5) is 4.44. The molecule has 2 nitrogen and oxygen atoms in total. The van der Waals surface area contributed by atoms with E-state index in [0.29, 0.717) is 11.3 Å². The molecule has 0 saturated heterocycles. The second-order valence-corrected chi connectivity index (χ2v) is 5.01. The van der Waals surface area contributed by atoms with E-state index < -0.39 is 0 Å². The first-order valence-electron chi connectivity index (χ1n) is 5.95. The van der Waals surface area contributed by atoms with Gasteiger partial charge in [0.1, 0.15) is 5.82 Å². The molecule has 1 fully saturated rings. The fraction of sp³-hybridized carbons (Fsp3) is 0.750. The van der Waals surface area contributed by atoms with E-state index in [-0.39, 0.29) is 0 Å². The van der Waals surface area contributed by atoms with Gasteiger partial charge in [0.25, 0.3) is 0 Å². The van der Waals surface area contributed by atoms with Gasteiger partial charge >= 0.3 is 0 Å². The molecular weight excluding hydrogens is 208 g/mol. The Kier molecular flexibility index (Phi) is 3.68. The molecular formula is C12H19ClN2. The fourth-order valence-electron chi connectivity index (χ4n) is 2.43. The van der Waals surface area contributed by atoms with Gasteiger partial charge in [-0.15, -0.1) is 11.6 Å². The van der Waals surface area contributed by atoms with Gasteiger partial charge in [0.05, 0.1) is 0 Å². The number of nitrogens with zero attached hydrogens (tertiary/aromatic N) is 2. The quantitative estimate of drug-likeness (QED) is 0.721. The monoisotopic (exact) mass is 226 g/mol. The molecule has 0 radical (unpaired) electrons. The number of hydrogen-bond donors (Lipinski definition) is 0. The average Bonchev–Trinajstić information content (AvgIpc) is 2.80. The summed E-state index contributed by atoms with van der Waals surface area (Å²) in [6.45, 7) is 3.28. The normalized spacial score (nSPS) is 26.0. The SMILES string of the molecule is CCCn1ccnc1CC1CCCC1Cl. The molecule has 1 aromatic rings. The highest BCUT2D eigenvalue weighted by Crippen LogP contribution is 2.32. The van der Waals surface area contributed by atoms with Crippen LogP contribution in [0.25, 0.3) is 0 Å². The highest BCUT2D eigenvalue weighted by Gasteiger charge is 2.26. The molecule has 84 valence electrons. The number of halogens is 1. The Morgan fingerprint density at radius 2 is 2.40 bits per heavy atom. The Bertz CT molecular complexity index is 308. The molecule has 15 heavy (non-hydrogen) atoms. The third-order valence-electron chi connectivity index (χ3n) is 3.28. The number of imidazole rings is 1. The maximum absolute atomic E-state index is 6.29. The Hall–Kier alpha value is -0.500. The Balaban J connectivity index is 2.00. The molecule has 2 atom stereocenters. The van der Waals surface area contributed by atoms with E-state index >= 15 is 0 Å². The summed E-state index contributed by atoms with van der Waals surface area (Å²) in [5.41, 5.74) is 0. The van der Waals surface area contributed by atoms with Crippen molar-refractivity contribution in [3.63, 3.8) is 0 Å². The van der Waals surface area contributed by atoms with Crippen LogP contribution in [-0.4, -0.2) is 14.9 Å². The lowest BCUT2D eigenvalue weighted by molar-refractivity contribution is 0.511. The molecule has 1 aromatic heterocycles. The lowest BCUT2D eigenvalue weighted by Gasteiger charge is -2.14. The van der Waals surface area contributed by atoms with Crippen molar-refractivity contribution in [1.29, 1.82) is 0 Å². The second kappa shape index (κ2) is 5.02. The van der Waals surface area contributed by atoms with Gasteiger partial charge in [0.2, 0.25) is 0 Å². The first kappa shape index (κ1) is 11.0. The van der Waals surface area contributed by atoms with Gasteiger partial charge in [-0.05, 0) is 25.2 Å². The minimum absolute atomic E-state index is 0.372. The summed E-state index contributed by atoms with van der Waals surface area (Å²) in [7, 11) is 0. The van der Waals surface area contributed by atoms with Crippen molar-refractivity contribution < 1.29 is 0 Å². The molecule has 2 unspecified atom stereocenters. The molecule has 0 aromatic carbocycles. The van der Waals surface area contributed by atoms with Crippen molar-refractivity contribution in [2.24, 2.45) is 5.92 Å². The lowest BCUT2D eigenvalue weighted by Crippen LogP contribution is -2.14. The molecule has 0 N–H and O–H groups in total. The molecule has 0 bridgehead atoms. The zero-order chi connectivity index (χ0) is 10.7. The molecule has 1 aliphatic rings. The van der Waals surface area contributed by atoms with E-state index in [4.69, 9.17) is 11.6 Å². The summed E-state index contributed by atoms with van der Waals surface area (Å²) in [5, 5.41) is 0.372. The van der Waals surface area contributed by atoms with Crippen molar-refractivity contribution in [2.75, 3.05) is 0 Å². The highest BCUT2D eigenvalue weighted by atomic mass is 35.5. The van der Waals surface area contributed by atoms with E-state index in [2.05, 4.69) is 22.7 Å². The second-order valence-electron chi connectivity index (χ2n) is 4.45. The minimum Gasteiger partial charge on any atom is -0.335 e. The summed E-state index contributed by atoms with van der Waals surface area (Å²) in [6.07, 6.45) is 9.95. The predicted molar refractivity (Wildman–Crippen MR) is 63.2 cm³/mol. The van der Waals surface area contributed by atoms with Gasteiger partial charge in [-0.25, -0.2) is 4.98 Å². The van der Waals surface area contributed by atoms with Crippen LogP contribution in [0.5, 0.6) is 0 Å². The first-order chi connectivity index (χ1) is 7.31. The van der Waals surface area contributed by atoms with Crippen LogP contribution in [0, 0.1) is 5.92 Å². The van der Waals surface area contributed by atoms with Crippen LogP contribution in [0.1, 0.15) is 38.4 Å². The maximum atomic E-state index is 6.29. The van der Waals surface area contributed by atoms with Gasteiger partial charge in [-0.1, -0.05) is 13.3 Å². The molecule has 0 amide bonds. The third-order valence-corrected chi connectivity index (χ3v) is 3.85. The maximum Gasteiger partial charge on any atom is 0.108 e. The van der Waals surface area contributed by atoms with Crippen molar-refractivity contribution in [1.82, 2.24) is 9.55 Å².